The van der Waals surface area contributed by atoms with E-state index < -0.39 is 0 Å². The number of benzene rings is 1. The molecular formula is C18H20N4S. The van der Waals surface area contributed by atoms with Crippen LogP contribution in [-0.2, 0) is 5.41 Å². The highest BCUT2D eigenvalue weighted by Gasteiger charge is 2.22. The average Bonchev–Trinajstić information content (AvgIpc) is 3.03. The summed E-state index contributed by atoms with van der Waals surface area (Å²) in [6.07, 6.45) is 1.81. The molecule has 5 heteroatoms. The minimum absolute atomic E-state index is 0.00480. The van der Waals surface area contributed by atoms with Gasteiger partial charge in [-0.15, -0.1) is 10.2 Å². The second kappa shape index (κ2) is 6.46. The molecule has 3 rings (SSSR count). The molecule has 1 N–H and O–H groups in total. The Balaban J connectivity index is 1.92. The molecule has 0 fully saturated rings. The van der Waals surface area contributed by atoms with E-state index in [4.69, 9.17) is 0 Å². The summed E-state index contributed by atoms with van der Waals surface area (Å²) in [5.41, 5.74) is 2.12. The van der Waals surface area contributed by atoms with Crippen LogP contribution in [0.25, 0.3) is 0 Å². The van der Waals surface area contributed by atoms with Crippen molar-refractivity contribution in [3.63, 3.8) is 0 Å². The highest BCUT2D eigenvalue weighted by Crippen LogP contribution is 2.31. The molecule has 3 aromatic rings. The van der Waals surface area contributed by atoms with Crippen molar-refractivity contribution in [2.45, 2.75) is 32.2 Å². The molecule has 118 valence electrons. The van der Waals surface area contributed by atoms with Crippen molar-refractivity contribution in [2.24, 2.45) is 0 Å². The maximum absolute atomic E-state index is 4.50. The van der Waals surface area contributed by atoms with Crippen LogP contribution in [0.3, 0.4) is 0 Å². The summed E-state index contributed by atoms with van der Waals surface area (Å²) in [7, 11) is 0. The molecule has 0 saturated heterocycles. The standard InChI is InChI=1S/C18H20N4S/c1-18(2,3)16-21-22-17(23-16)20-15(13-9-5-4-6-10-13)14-11-7-8-12-19-14/h4-12,15H,1-3H3,(H,20,22). The van der Waals surface area contributed by atoms with Crippen LogP contribution in [0, 0.1) is 0 Å². The number of hydrogen-bond donors (Lipinski definition) is 1. The van der Waals surface area contributed by atoms with Crippen LogP contribution in [0.15, 0.2) is 54.7 Å². The normalized spacial score (nSPS) is 12.8. The Labute approximate surface area is 140 Å². The Morgan fingerprint density at radius 2 is 1.70 bits per heavy atom. The van der Waals surface area contributed by atoms with E-state index in [1.54, 1.807) is 11.3 Å². The van der Waals surface area contributed by atoms with E-state index in [9.17, 15) is 0 Å². The summed E-state index contributed by atoms with van der Waals surface area (Å²) in [4.78, 5) is 4.50. The molecule has 0 aliphatic carbocycles. The highest BCUT2D eigenvalue weighted by atomic mass is 32.1. The minimum atomic E-state index is -0.0434. The summed E-state index contributed by atoms with van der Waals surface area (Å²) in [6, 6.07) is 16.2. The maximum atomic E-state index is 4.50. The Morgan fingerprint density at radius 3 is 2.30 bits per heavy atom. The Kier molecular flexibility index (Phi) is 4.39. The molecule has 0 aliphatic rings. The van der Waals surface area contributed by atoms with Gasteiger partial charge in [0.05, 0.1) is 11.7 Å². The quantitative estimate of drug-likeness (QED) is 0.771. The van der Waals surface area contributed by atoms with Crippen molar-refractivity contribution in [2.75, 3.05) is 5.32 Å². The van der Waals surface area contributed by atoms with Crippen LogP contribution in [0.1, 0.15) is 43.1 Å². The number of rotatable bonds is 4. The second-order valence-corrected chi connectivity index (χ2v) is 7.38. The number of nitrogens with one attached hydrogen (secondary N) is 1. The molecule has 1 unspecified atom stereocenters. The average molecular weight is 324 g/mol. The van der Waals surface area contributed by atoms with Gasteiger partial charge in [0, 0.05) is 11.6 Å². The number of pyridine rings is 1. The van der Waals surface area contributed by atoms with Gasteiger partial charge in [-0.05, 0) is 17.7 Å². The largest absolute Gasteiger partial charge is 0.348 e. The Bertz CT molecular complexity index is 708. The van der Waals surface area contributed by atoms with E-state index in [1.807, 2.05) is 42.6 Å². The Hall–Kier alpha value is -2.27. The third kappa shape index (κ3) is 3.74. The van der Waals surface area contributed by atoms with Gasteiger partial charge in [0.1, 0.15) is 5.01 Å². The lowest BCUT2D eigenvalue weighted by atomic mass is 9.98. The van der Waals surface area contributed by atoms with E-state index >= 15 is 0 Å². The van der Waals surface area contributed by atoms with E-state index in [-0.39, 0.29) is 11.5 Å². The molecule has 1 atom stereocenters. The van der Waals surface area contributed by atoms with Gasteiger partial charge >= 0.3 is 0 Å². The highest BCUT2D eigenvalue weighted by molar-refractivity contribution is 7.15. The SMILES string of the molecule is CC(C)(C)c1nnc(NC(c2ccccc2)c2ccccn2)s1. The summed E-state index contributed by atoms with van der Waals surface area (Å²) < 4.78 is 0. The van der Waals surface area contributed by atoms with Crippen molar-refractivity contribution < 1.29 is 0 Å². The van der Waals surface area contributed by atoms with Crippen molar-refractivity contribution in [1.29, 1.82) is 0 Å². The van der Waals surface area contributed by atoms with Crippen molar-refractivity contribution >= 4 is 16.5 Å². The van der Waals surface area contributed by atoms with Crippen LogP contribution in [-0.4, -0.2) is 15.2 Å². The summed E-state index contributed by atoms with van der Waals surface area (Å²) in [6.45, 7) is 6.43. The molecular weight excluding hydrogens is 304 g/mol. The first-order valence-corrected chi connectivity index (χ1v) is 8.42. The zero-order chi connectivity index (χ0) is 16.3. The maximum Gasteiger partial charge on any atom is 0.206 e. The number of hydrogen-bond acceptors (Lipinski definition) is 5. The smallest absolute Gasteiger partial charge is 0.206 e. The third-order valence-corrected chi connectivity index (χ3v) is 4.73. The minimum Gasteiger partial charge on any atom is -0.348 e. The number of aromatic nitrogens is 3. The fraction of sp³-hybridized carbons (Fsp3) is 0.278. The molecule has 0 spiro atoms. The predicted molar refractivity (Wildman–Crippen MR) is 94.8 cm³/mol. The lowest BCUT2D eigenvalue weighted by Crippen LogP contribution is -2.13. The van der Waals surface area contributed by atoms with Crippen LogP contribution in [0.5, 0.6) is 0 Å². The monoisotopic (exact) mass is 324 g/mol. The van der Waals surface area contributed by atoms with Crippen LogP contribution < -0.4 is 5.32 Å². The first-order chi connectivity index (χ1) is 11.0. The molecule has 4 nitrogen and oxygen atoms in total. The van der Waals surface area contributed by atoms with Gasteiger partial charge in [0.25, 0.3) is 0 Å². The van der Waals surface area contributed by atoms with Crippen LogP contribution >= 0.6 is 11.3 Å². The zero-order valence-corrected chi connectivity index (χ0v) is 14.3. The van der Waals surface area contributed by atoms with Gasteiger partial charge in [-0.1, -0.05) is 68.5 Å². The summed E-state index contributed by atoms with van der Waals surface area (Å²) in [5.74, 6) is 0. The van der Waals surface area contributed by atoms with Gasteiger partial charge < -0.3 is 5.32 Å². The molecule has 0 amide bonds. The lowest BCUT2D eigenvalue weighted by molar-refractivity contribution is 0.578. The molecule has 2 heterocycles. The number of anilines is 1. The van der Waals surface area contributed by atoms with Gasteiger partial charge in [-0.3, -0.25) is 4.98 Å². The first-order valence-electron chi connectivity index (χ1n) is 7.60. The Morgan fingerprint density at radius 1 is 0.957 bits per heavy atom. The van der Waals surface area contributed by atoms with Crippen molar-refractivity contribution in [3.8, 4) is 0 Å². The fourth-order valence-electron chi connectivity index (χ4n) is 2.23. The van der Waals surface area contributed by atoms with Gasteiger partial charge in [-0.25, -0.2) is 0 Å². The van der Waals surface area contributed by atoms with Crippen LogP contribution in [0.2, 0.25) is 0 Å². The number of nitrogens with zero attached hydrogens (tertiary/aromatic N) is 3. The summed E-state index contributed by atoms with van der Waals surface area (Å²) in [5, 5.41) is 13.9. The van der Waals surface area contributed by atoms with Gasteiger partial charge in [-0.2, -0.15) is 0 Å². The van der Waals surface area contributed by atoms with E-state index in [0.717, 1.165) is 21.4 Å². The van der Waals surface area contributed by atoms with Gasteiger partial charge in [0.2, 0.25) is 5.13 Å². The molecule has 0 radical (unpaired) electrons. The third-order valence-electron chi connectivity index (χ3n) is 3.45. The fourth-order valence-corrected chi connectivity index (χ4v) is 3.06. The molecule has 1 aromatic carbocycles. The summed E-state index contributed by atoms with van der Waals surface area (Å²) >= 11 is 1.60. The second-order valence-electron chi connectivity index (χ2n) is 6.41. The molecule has 0 aliphatic heterocycles. The lowest BCUT2D eigenvalue weighted by Gasteiger charge is -2.18. The van der Waals surface area contributed by atoms with Gasteiger partial charge in [0.15, 0.2) is 0 Å². The molecule has 0 saturated carbocycles. The van der Waals surface area contributed by atoms with E-state index in [1.165, 1.54) is 0 Å². The molecule has 0 bridgehead atoms. The van der Waals surface area contributed by atoms with Crippen molar-refractivity contribution in [3.05, 3.63) is 71.0 Å². The first kappa shape index (κ1) is 15.6. The topological polar surface area (TPSA) is 50.7 Å². The predicted octanol–water partition coefficient (Wildman–Crippen LogP) is 4.43. The molecule has 2 aromatic heterocycles. The zero-order valence-electron chi connectivity index (χ0n) is 13.5. The van der Waals surface area contributed by atoms with Crippen LogP contribution in [0.4, 0.5) is 5.13 Å². The van der Waals surface area contributed by atoms with E-state index in [0.29, 0.717) is 0 Å². The molecule has 23 heavy (non-hydrogen) atoms. The van der Waals surface area contributed by atoms with E-state index in [2.05, 4.69) is 53.4 Å². The van der Waals surface area contributed by atoms with Crippen molar-refractivity contribution in [1.82, 2.24) is 15.2 Å².